The summed E-state index contributed by atoms with van der Waals surface area (Å²) in [6.45, 7) is 7.79. The molecule has 0 aromatic heterocycles. The number of carbonyl (C=O) groups is 2. The highest BCUT2D eigenvalue weighted by Crippen LogP contribution is 2.24. The number of esters is 1. The molecule has 1 aromatic carbocycles. The van der Waals surface area contributed by atoms with Crippen molar-refractivity contribution in [2.24, 2.45) is 0 Å². The van der Waals surface area contributed by atoms with Crippen molar-refractivity contribution in [3.05, 3.63) is 35.9 Å². The van der Waals surface area contributed by atoms with Crippen LogP contribution in [0, 0.1) is 0 Å². The van der Waals surface area contributed by atoms with Crippen LogP contribution in [0.15, 0.2) is 30.3 Å². The first kappa shape index (κ1) is 17.3. The van der Waals surface area contributed by atoms with Crippen LogP contribution >= 0.6 is 0 Å². The van der Waals surface area contributed by atoms with Crippen molar-refractivity contribution >= 4 is 12.1 Å². The molecule has 2 atom stereocenters. The number of carbonyl (C=O) groups excluding carboxylic acids is 2. The molecule has 1 heterocycles. The second-order valence-corrected chi connectivity index (χ2v) is 6.82. The fourth-order valence-electron chi connectivity index (χ4n) is 2.60. The van der Waals surface area contributed by atoms with E-state index in [1.807, 2.05) is 58.0 Å². The lowest BCUT2D eigenvalue weighted by Crippen LogP contribution is -2.44. The summed E-state index contributed by atoms with van der Waals surface area (Å²) in [5, 5.41) is 0. The molecule has 5 heteroatoms. The van der Waals surface area contributed by atoms with E-state index in [0.29, 0.717) is 13.0 Å². The highest BCUT2D eigenvalue weighted by Gasteiger charge is 2.38. The lowest BCUT2D eigenvalue weighted by atomic mass is 10.1. The Morgan fingerprint density at radius 2 is 1.87 bits per heavy atom. The summed E-state index contributed by atoms with van der Waals surface area (Å²) in [7, 11) is 0. The average Bonchev–Trinajstić information content (AvgIpc) is 2.96. The number of nitrogens with zero attached hydrogens (tertiary/aromatic N) is 1. The number of rotatable bonds is 3. The zero-order chi connectivity index (χ0) is 17.0. The summed E-state index contributed by atoms with van der Waals surface area (Å²) >= 11 is 0. The fraction of sp³-hybridized carbons (Fsp3) is 0.556. The predicted molar refractivity (Wildman–Crippen MR) is 86.9 cm³/mol. The Bertz CT molecular complexity index is 550. The van der Waals surface area contributed by atoms with Crippen LogP contribution in [0.3, 0.4) is 0 Å². The van der Waals surface area contributed by atoms with E-state index >= 15 is 0 Å². The van der Waals surface area contributed by atoms with Gasteiger partial charge in [-0.3, -0.25) is 4.90 Å². The molecule has 1 fully saturated rings. The van der Waals surface area contributed by atoms with Gasteiger partial charge in [-0.15, -0.1) is 0 Å². The molecular weight excluding hydrogens is 294 g/mol. The molecular formula is C18H25NO4. The molecule has 1 aliphatic heterocycles. The van der Waals surface area contributed by atoms with Crippen molar-refractivity contribution < 1.29 is 19.1 Å². The van der Waals surface area contributed by atoms with Gasteiger partial charge >= 0.3 is 12.1 Å². The van der Waals surface area contributed by atoms with E-state index in [2.05, 4.69) is 0 Å². The van der Waals surface area contributed by atoms with Crippen LogP contribution in [0.4, 0.5) is 4.79 Å². The molecule has 23 heavy (non-hydrogen) atoms. The van der Waals surface area contributed by atoms with Gasteiger partial charge in [-0.1, -0.05) is 30.3 Å². The maximum atomic E-state index is 12.4. The molecule has 2 rings (SSSR count). The number of ether oxygens (including phenoxy) is 2. The molecule has 0 aliphatic carbocycles. The van der Waals surface area contributed by atoms with Gasteiger partial charge in [0.25, 0.3) is 0 Å². The molecule has 0 bridgehead atoms. The Labute approximate surface area is 137 Å². The van der Waals surface area contributed by atoms with E-state index in [-0.39, 0.29) is 12.1 Å². The molecule has 1 aliphatic rings. The molecule has 5 nitrogen and oxygen atoms in total. The zero-order valence-electron chi connectivity index (χ0n) is 14.2. The number of likely N-dealkylation sites (tertiary alicyclic amines) is 1. The normalized spacial score (nSPS) is 19.3. The zero-order valence-corrected chi connectivity index (χ0v) is 14.2. The molecule has 0 spiro atoms. The number of amides is 1. The van der Waals surface area contributed by atoms with E-state index in [1.54, 1.807) is 0 Å². The van der Waals surface area contributed by atoms with E-state index in [0.717, 1.165) is 12.0 Å². The summed E-state index contributed by atoms with van der Waals surface area (Å²) in [6.07, 6.45) is 0.590. The quantitative estimate of drug-likeness (QED) is 0.797. The third kappa shape index (κ3) is 4.71. The van der Waals surface area contributed by atoms with Crippen LogP contribution in [-0.2, 0) is 14.3 Å². The first-order valence-corrected chi connectivity index (χ1v) is 8.03. The van der Waals surface area contributed by atoms with Gasteiger partial charge in [-0.05, 0) is 46.1 Å². The van der Waals surface area contributed by atoms with E-state index in [9.17, 15) is 9.59 Å². The lowest BCUT2D eigenvalue weighted by molar-refractivity contribution is -0.153. The Hall–Kier alpha value is -2.04. The smallest absolute Gasteiger partial charge is 0.411 e. The van der Waals surface area contributed by atoms with Crippen molar-refractivity contribution in [2.75, 3.05) is 6.54 Å². The molecule has 1 unspecified atom stereocenters. The SMILES string of the molecule is CC(OC(=O)[C@@H]1CCCN1C(=O)OC(C)(C)C)c1ccccc1. The first-order valence-electron chi connectivity index (χ1n) is 8.03. The third-order valence-electron chi connectivity index (χ3n) is 3.71. The van der Waals surface area contributed by atoms with Crippen LogP contribution in [0.2, 0.25) is 0 Å². The Morgan fingerprint density at radius 3 is 2.48 bits per heavy atom. The summed E-state index contributed by atoms with van der Waals surface area (Å²) < 4.78 is 10.9. The number of hydrogen-bond donors (Lipinski definition) is 0. The molecule has 1 amide bonds. The lowest BCUT2D eigenvalue weighted by Gasteiger charge is -2.28. The topological polar surface area (TPSA) is 55.8 Å². The van der Waals surface area contributed by atoms with Gasteiger partial charge in [-0.2, -0.15) is 0 Å². The summed E-state index contributed by atoms with van der Waals surface area (Å²) in [4.78, 5) is 26.1. The largest absolute Gasteiger partial charge is 0.456 e. The third-order valence-corrected chi connectivity index (χ3v) is 3.71. The van der Waals surface area contributed by atoms with Gasteiger partial charge in [-0.25, -0.2) is 9.59 Å². The van der Waals surface area contributed by atoms with Crippen molar-refractivity contribution in [1.29, 1.82) is 0 Å². The maximum absolute atomic E-state index is 12.4. The second kappa shape index (κ2) is 7.02. The second-order valence-electron chi connectivity index (χ2n) is 6.82. The molecule has 1 saturated heterocycles. The minimum Gasteiger partial charge on any atom is -0.456 e. The Morgan fingerprint density at radius 1 is 1.22 bits per heavy atom. The van der Waals surface area contributed by atoms with Crippen LogP contribution in [0.1, 0.15) is 52.2 Å². The Kier molecular flexibility index (Phi) is 5.29. The summed E-state index contributed by atoms with van der Waals surface area (Å²) in [5.41, 5.74) is 0.355. The first-order chi connectivity index (χ1) is 10.8. The maximum Gasteiger partial charge on any atom is 0.411 e. The van der Waals surface area contributed by atoms with Crippen molar-refractivity contribution in [2.45, 2.75) is 58.3 Å². The predicted octanol–water partition coefficient (Wildman–Crippen LogP) is 3.69. The average molecular weight is 319 g/mol. The monoisotopic (exact) mass is 319 g/mol. The minimum absolute atomic E-state index is 0.343. The molecule has 0 N–H and O–H groups in total. The van der Waals surface area contributed by atoms with Gasteiger partial charge in [0.1, 0.15) is 17.7 Å². The van der Waals surface area contributed by atoms with E-state index in [1.165, 1.54) is 4.90 Å². The van der Waals surface area contributed by atoms with Gasteiger partial charge in [0.05, 0.1) is 0 Å². The van der Waals surface area contributed by atoms with E-state index < -0.39 is 17.7 Å². The van der Waals surface area contributed by atoms with Gasteiger partial charge in [0, 0.05) is 6.54 Å². The van der Waals surface area contributed by atoms with Crippen molar-refractivity contribution in [3.8, 4) is 0 Å². The highest BCUT2D eigenvalue weighted by atomic mass is 16.6. The molecule has 0 radical (unpaired) electrons. The minimum atomic E-state index is -0.578. The van der Waals surface area contributed by atoms with Crippen molar-refractivity contribution in [1.82, 2.24) is 4.90 Å². The molecule has 1 aromatic rings. The van der Waals surface area contributed by atoms with Crippen molar-refractivity contribution in [3.63, 3.8) is 0 Å². The Balaban J connectivity index is 1.99. The van der Waals surface area contributed by atoms with Crippen LogP contribution in [-0.4, -0.2) is 35.2 Å². The summed E-state index contributed by atoms with van der Waals surface area (Å²) in [6, 6.07) is 9.00. The fourth-order valence-corrected chi connectivity index (χ4v) is 2.60. The molecule has 126 valence electrons. The number of benzene rings is 1. The standard InChI is InChI=1S/C18H25NO4/c1-13(14-9-6-5-7-10-14)22-16(20)15-11-8-12-19(15)17(21)23-18(2,3)4/h5-7,9-10,13,15H,8,11-12H2,1-4H3/t13?,15-/m0/s1. The van der Waals surface area contributed by atoms with Crippen LogP contribution in [0.5, 0.6) is 0 Å². The van der Waals surface area contributed by atoms with Gasteiger partial charge < -0.3 is 9.47 Å². The summed E-state index contributed by atoms with van der Waals surface area (Å²) in [5.74, 6) is -0.371. The highest BCUT2D eigenvalue weighted by molar-refractivity contribution is 5.82. The van der Waals surface area contributed by atoms with E-state index in [4.69, 9.17) is 9.47 Å². The van der Waals surface area contributed by atoms with Crippen LogP contribution < -0.4 is 0 Å². The van der Waals surface area contributed by atoms with Gasteiger partial charge in [0.15, 0.2) is 0 Å². The van der Waals surface area contributed by atoms with Gasteiger partial charge in [0.2, 0.25) is 0 Å². The van der Waals surface area contributed by atoms with Crippen LogP contribution in [0.25, 0.3) is 0 Å². The number of hydrogen-bond acceptors (Lipinski definition) is 4. The molecule has 0 saturated carbocycles.